The summed E-state index contributed by atoms with van der Waals surface area (Å²) in [6.07, 6.45) is 3.06. The molecular formula is C19H22F3N5. The van der Waals surface area contributed by atoms with Crippen molar-refractivity contribution >= 4 is 5.82 Å². The second kappa shape index (κ2) is 7.42. The van der Waals surface area contributed by atoms with Crippen molar-refractivity contribution in [2.24, 2.45) is 0 Å². The van der Waals surface area contributed by atoms with Crippen LogP contribution in [-0.4, -0.2) is 39.0 Å². The van der Waals surface area contributed by atoms with E-state index in [0.717, 1.165) is 49.2 Å². The van der Waals surface area contributed by atoms with Crippen LogP contribution in [0.25, 0.3) is 0 Å². The Morgan fingerprint density at radius 3 is 2.44 bits per heavy atom. The monoisotopic (exact) mass is 377 g/mol. The lowest BCUT2D eigenvalue weighted by Crippen LogP contribution is -2.38. The van der Waals surface area contributed by atoms with Crippen LogP contribution in [0, 0.1) is 0 Å². The molecule has 2 aromatic heterocycles. The lowest BCUT2D eigenvalue weighted by molar-refractivity contribution is -0.141. The van der Waals surface area contributed by atoms with Crippen LogP contribution in [0.1, 0.15) is 48.7 Å². The number of rotatable bonds is 5. The summed E-state index contributed by atoms with van der Waals surface area (Å²) in [5.74, 6) is 2.36. The van der Waals surface area contributed by atoms with Gasteiger partial charge < -0.3 is 5.32 Å². The van der Waals surface area contributed by atoms with E-state index in [4.69, 9.17) is 0 Å². The zero-order valence-electron chi connectivity index (χ0n) is 14.9. The predicted molar refractivity (Wildman–Crippen MR) is 95.2 cm³/mol. The molecule has 1 N–H and O–H groups in total. The molecule has 0 aromatic carbocycles. The van der Waals surface area contributed by atoms with Gasteiger partial charge in [0.25, 0.3) is 0 Å². The first-order valence-corrected chi connectivity index (χ1v) is 9.31. The highest BCUT2D eigenvalue weighted by molar-refractivity contribution is 5.35. The zero-order chi connectivity index (χ0) is 18.9. The normalized spacial score (nSPS) is 19.2. The number of halogens is 3. The van der Waals surface area contributed by atoms with E-state index in [0.29, 0.717) is 18.5 Å². The number of pyridine rings is 1. The second-order valence-electron chi connectivity index (χ2n) is 7.32. The molecule has 0 amide bonds. The largest absolute Gasteiger partial charge is 0.433 e. The number of nitrogens with one attached hydrogen (secondary N) is 1. The molecule has 0 atom stereocenters. The summed E-state index contributed by atoms with van der Waals surface area (Å²) in [6.45, 7) is 2.40. The molecule has 1 aliphatic carbocycles. The molecule has 0 spiro atoms. The Bertz CT molecular complexity index is 766. The van der Waals surface area contributed by atoms with Crippen molar-refractivity contribution in [1.29, 1.82) is 0 Å². The standard InChI is InChI=1S/C19H22F3N5/c20-19(21,22)16-4-1-13(11-24-16)12-27-9-6-15(7-10-27)25-17-5-8-23-18(26-17)14-2-3-14/h1,4-5,8,11,14-15H,2-3,6-7,9-10,12H2,(H,23,25,26). The summed E-state index contributed by atoms with van der Waals surface area (Å²) in [5, 5.41) is 3.50. The van der Waals surface area contributed by atoms with E-state index >= 15 is 0 Å². The van der Waals surface area contributed by atoms with E-state index in [1.54, 1.807) is 0 Å². The number of hydrogen-bond acceptors (Lipinski definition) is 5. The Balaban J connectivity index is 1.27. The van der Waals surface area contributed by atoms with Crippen molar-refractivity contribution in [3.8, 4) is 0 Å². The van der Waals surface area contributed by atoms with E-state index in [1.165, 1.54) is 25.1 Å². The molecular weight excluding hydrogens is 355 g/mol. The average molecular weight is 377 g/mol. The number of likely N-dealkylation sites (tertiary alicyclic amines) is 1. The first-order chi connectivity index (χ1) is 13.0. The molecule has 0 bridgehead atoms. The van der Waals surface area contributed by atoms with Gasteiger partial charge in [-0.25, -0.2) is 9.97 Å². The third-order valence-corrected chi connectivity index (χ3v) is 5.08. The predicted octanol–water partition coefficient (Wildman–Crippen LogP) is 3.84. The van der Waals surface area contributed by atoms with Crippen molar-refractivity contribution < 1.29 is 13.2 Å². The summed E-state index contributed by atoms with van der Waals surface area (Å²) in [4.78, 5) is 14.7. The van der Waals surface area contributed by atoms with E-state index in [1.807, 2.05) is 12.3 Å². The van der Waals surface area contributed by atoms with Gasteiger partial charge in [0.1, 0.15) is 17.3 Å². The molecule has 4 rings (SSSR count). The second-order valence-corrected chi connectivity index (χ2v) is 7.32. The van der Waals surface area contributed by atoms with Crippen LogP contribution >= 0.6 is 0 Å². The van der Waals surface area contributed by atoms with Gasteiger partial charge in [0.15, 0.2) is 0 Å². The van der Waals surface area contributed by atoms with Crippen molar-refractivity contribution in [2.75, 3.05) is 18.4 Å². The van der Waals surface area contributed by atoms with Crippen LogP contribution < -0.4 is 5.32 Å². The maximum Gasteiger partial charge on any atom is 0.433 e. The summed E-state index contributed by atoms with van der Waals surface area (Å²) in [5.41, 5.74) is -0.0381. The molecule has 1 saturated heterocycles. The van der Waals surface area contributed by atoms with Crippen LogP contribution in [-0.2, 0) is 12.7 Å². The summed E-state index contributed by atoms with van der Waals surface area (Å²) in [6, 6.07) is 4.83. The number of anilines is 1. The zero-order valence-corrected chi connectivity index (χ0v) is 14.9. The average Bonchev–Trinajstić information content (AvgIpc) is 3.49. The smallest absolute Gasteiger partial charge is 0.367 e. The number of nitrogens with zero attached hydrogens (tertiary/aromatic N) is 4. The molecule has 0 radical (unpaired) electrons. The maximum atomic E-state index is 12.6. The van der Waals surface area contributed by atoms with E-state index < -0.39 is 11.9 Å². The van der Waals surface area contributed by atoms with Gasteiger partial charge in [0.05, 0.1) is 0 Å². The molecule has 2 aromatic rings. The highest BCUT2D eigenvalue weighted by Crippen LogP contribution is 2.38. The number of piperidine rings is 1. The van der Waals surface area contributed by atoms with Crippen LogP contribution in [0.15, 0.2) is 30.6 Å². The van der Waals surface area contributed by atoms with Gasteiger partial charge in [-0.3, -0.25) is 9.88 Å². The number of aromatic nitrogens is 3. The first-order valence-electron chi connectivity index (χ1n) is 9.31. The van der Waals surface area contributed by atoms with Gasteiger partial charge in [-0.1, -0.05) is 6.07 Å². The summed E-state index contributed by atoms with van der Waals surface area (Å²) in [7, 11) is 0. The summed E-state index contributed by atoms with van der Waals surface area (Å²) < 4.78 is 37.8. The molecule has 2 aliphatic rings. The van der Waals surface area contributed by atoms with Gasteiger partial charge in [0, 0.05) is 44.0 Å². The fraction of sp³-hybridized carbons (Fsp3) is 0.526. The molecule has 0 unspecified atom stereocenters. The Kier molecular flexibility index (Phi) is 4.99. The van der Waals surface area contributed by atoms with Gasteiger partial charge >= 0.3 is 6.18 Å². The Morgan fingerprint density at radius 2 is 1.81 bits per heavy atom. The Labute approximate surface area is 156 Å². The maximum absolute atomic E-state index is 12.6. The van der Waals surface area contributed by atoms with Gasteiger partial charge in [-0.05, 0) is 43.4 Å². The molecule has 1 aliphatic heterocycles. The number of hydrogen-bond donors (Lipinski definition) is 1. The van der Waals surface area contributed by atoms with Crippen LogP contribution in [0.3, 0.4) is 0 Å². The highest BCUT2D eigenvalue weighted by Gasteiger charge is 2.32. The van der Waals surface area contributed by atoms with E-state index in [2.05, 4.69) is 25.2 Å². The van der Waals surface area contributed by atoms with Crippen LogP contribution in [0.2, 0.25) is 0 Å². The third kappa shape index (κ3) is 4.74. The quantitative estimate of drug-likeness (QED) is 0.858. The lowest BCUT2D eigenvalue weighted by Gasteiger charge is -2.32. The highest BCUT2D eigenvalue weighted by atomic mass is 19.4. The topological polar surface area (TPSA) is 53.9 Å². The molecule has 2 fully saturated rings. The lowest BCUT2D eigenvalue weighted by atomic mass is 10.0. The van der Waals surface area contributed by atoms with Crippen LogP contribution in [0.4, 0.5) is 19.0 Å². The molecule has 27 heavy (non-hydrogen) atoms. The van der Waals surface area contributed by atoms with Crippen molar-refractivity contribution in [3.05, 3.63) is 47.7 Å². The first kappa shape index (κ1) is 18.2. The molecule has 1 saturated carbocycles. The van der Waals surface area contributed by atoms with Crippen LogP contribution in [0.5, 0.6) is 0 Å². The van der Waals surface area contributed by atoms with Crippen molar-refractivity contribution in [3.63, 3.8) is 0 Å². The van der Waals surface area contributed by atoms with E-state index in [-0.39, 0.29) is 0 Å². The molecule has 3 heterocycles. The minimum Gasteiger partial charge on any atom is -0.367 e. The van der Waals surface area contributed by atoms with Gasteiger partial charge in [0.2, 0.25) is 0 Å². The molecule has 8 heteroatoms. The SMILES string of the molecule is FC(F)(F)c1ccc(CN2CCC(Nc3ccnc(C4CC4)n3)CC2)cn1. The number of alkyl halides is 3. The Hall–Kier alpha value is -2.22. The van der Waals surface area contributed by atoms with E-state index in [9.17, 15) is 13.2 Å². The Morgan fingerprint density at radius 1 is 1.04 bits per heavy atom. The fourth-order valence-corrected chi connectivity index (χ4v) is 3.38. The fourth-order valence-electron chi connectivity index (χ4n) is 3.38. The molecule has 5 nitrogen and oxygen atoms in total. The molecule has 144 valence electrons. The van der Waals surface area contributed by atoms with Crippen molar-refractivity contribution in [2.45, 2.75) is 50.4 Å². The minimum absolute atomic E-state index is 0.355. The third-order valence-electron chi connectivity index (χ3n) is 5.08. The summed E-state index contributed by atoms with van der Waals surface area (Å²) >= 11 is 0. The minimum atomic E-state index is -4.39. The van der Waals surface area contributed by atoms with Gasteiger partial charge in [-0.15, -0.1) is 0 Å². The van der Waals surface area contributed by atoms with Crippen molar-refractivity contribution in [1.82, 2.24) is 19.9 Å². The van der Waals surface area contributed by atoms with Gasteiger partial charge in [-0.2, -0.15) is 13.2 Å².